The van der Waals surface area contributed by atoms with Gasteiger partial charge in [0.1, 0.15) is 6.61 Å². The molecule has 0 radical (unpaired) electrons. The minimum Gasteiger partial charge on any atom is -0.481 e. The quantitative estimate of drug-likeness (QED) is 0.583. The fourth-order valence-electron chi connectivity index (χ4n) is 3.58. The highest BCUT2D eigenvalue weighted by Crippen LogP contribution is 2.18. The fourth-order valence-corrected chi connectivity index (χ4v) is 3.58. The van der Waals surface area contributed by atoms with Crippen LogP contribution in [0.1, 0.15) is 24.0 Å². The number of nitrogens with one attached hydrogen (secondary N) is 1. The first kappa shape index (κ1) is 23.1. The van der Waals surface area contributed by atoms with Gasteiger partial charge in [-0.15, -0.1) is 0 Å². The minimum atomic E-state index is -0.843. The molecule has 0 unspecified atom stereocenters. The standard InChI is InChI=1S/C24H29N3O5/c28-22(7-4-12-25-24(31)32-18-20-5-2-1-3-6-20)27-15-13-26(14-16-27)21-10-8-19(9-11-21)17-23(29)30/h1-3,5-6,8-11H,4,7,12-18H2,(H,25,31)(H,29,30). The highest BCUT2D eigenvalue weighted by molar-refractivity contribution is 5.76. The second-order valence-electron chi connectivity index (χ2n) is 7.70. The first-order chi connectivity index (χ1) is 15.5. The Morgan fingerprint density at radius 1 is 0.906 bits per heavy atom. The van der Waals surface area contributed by atoms with Crippen molar-refractivity contribution in [2.24, 2.45) is 0 Å². The number of nitrogens with zero attached hydrogens (tertiary/aromatic N) is 2. The van der Waals surface area contributed by atoms with Crippen molar-refractivity contribution in [2.45, 2.75) is 25.9 Å². The maximum atomic E-state index is 12.5. The Labute approximate surface area is 187 Å². The molecule has 1 aliphatic rings. The number of piperazine rings is 1. The summed E-state index contributed by atoms with van der Waals surface area (Å²) in [4.78, 5) is 39.0. The second kappa shape index (κ2) is 11.7. The van der Waals surface area contributed by atoms with Crippen molar-refractivity contribution >= 4 is 23.7 Å². The Kier molecular flexibility index (Phi) is 8.48. The molecule has 8 heteroatoms. The van der Waals surface area contributed by atoms with Gasteiger partial charge in [0, 0.05) is 44.8 Å². The number of anilines is 1. The number of carboxylic acid groups (broad SMARTS) is 1. The third kappa shape index (κ3) is 7.30. The van der Waals surface area contributed by atoms with E-state index in [1.165, 1.54) is 0 Å². The Morgan fingerprint density at radius 3 is 2.25 bits per heavy atom. The van der Waals surface area contributed by atoms with E-state index < -0.39 is 12.1 Å². The Bertz CT molecular complexity index is 894. The van der Waals surface area contributed by atoms with Crippen molar-refractivity contribution in [2.75, 3.05) is 37.6 Å². The average molecular weight is 440 g/mol. The number of benzene rings is 2. The number of rotatable bonds is 9. The molecule has 170 valence electrons. The zero-order valence-electron chi connectivity index (χ0n) is 18.0. The van der Waals surface area contributed by atoms with Crippen LogP contribution in [0.5, 0.6) is 0 Å². The van der Waals surface area contributed by atoms with E-state index in [9.17, 15) is 14.4 Å². The highest BCUT2D eigenvalue weighted by atomic mass is 16.5. The van der Waals surface area contributed by atoms with Crippen LogP contribution in [0.3, 0.4) is 0 Å². The van der Waals surface area contributed by atoms with E-state index in [0.717, 1.165) is 29.9 Å². The lowest BCUT2D eigenvalue weighted by Gasteiger charge is -2.36. The van der Waals surface area contributed by atoms with E-state index in [-0.39, 0.29) is 18.9 Å². The molecule has 0 saturated carbocycles. The molecule has 0 spiro atoms. The van der Waals surface area contributed by atoms with Gasteiger partial charge in [0.15, 0.2) is 0 Å². The van der Waals surface area contributed by atoms with Gasteiger partial charge in [0.25, 0.3) is 0 Å². The summed E-state index contributed by atoms with van der Waals surface area (Å²) in [6.07, 6.45) is 0.472. The SMILES string of the molecule is O=C(O)Cc1ccc(N2CCN(C(=O)CCCNC(=O)OCc3ccccc3)CC2)cc1. The number of carbonyl (C=O) groups is 3. The summed E-state index contributed by atoms with van der Waals surface area (Å²) in [6.45, 7) is 3.35. The molecule has 2 amide bonds. The van der Waals surface area contributed by atoms with Crippen molar-refractivity contribution in [1.29, 1.82) is 0 Å². The summed E-state index contributed by atoms with van der Waals surface area (Å²) in [7, 11) is 0. The van der Waals surface area contributed by atoms with E-state index in [1.54, 1.807) is 0 Å². The maximum absolute atomic E-state index is 12.5. The number of alkyl carbamates (subject to hydrolysis) is 1. The minimum absolute atomic E-state index is 0.0160. The third-order valence-electron chi connectivity index (χ3n) is 5.34. The molecule has 2 aromatic carbocycles. The summed E-state index contributed by atoms with van der Waals surface area (Å²) in [5, 5.41) is 11.5. The van der Waals surface area contributed by atoms with Crippen LogP contribution in [-0.2, 0) is 27.4 Å². The zero-order valence-corrected chi connectivity index (χ0v) is 18.0. The van der Waals surface area contributed by atoms with Crippen molar-refractivity contribution in [3.8, 4) is 0 Å². The predicted octanol–water partition coefficient (Wildman–Crippen LogP) is 2.67. The topological polar surface area (TPSA) is 99.2 Å². The Hall–Kier alpha value is -3.55. The summed E-state index contributed by atoms with van der Waals surface area (Å²) >= 11 is 0. The van der Waals surface area contributed by atoms with Crippen LogP contribution < -0.4 is 10.2 Å². The molecule has 8 nitrogen and oxygen atoms in total. The molecule has 0 aromatic heterocycles. The van der Waals surface area contributed by atoms with Gasteiger partial charge >= 0.3 is 12.1 Å². The number of hydrogen-bond donors (Lipinski definition) is 2. The van der Waals surface area contributed by atoms with E-state index in [4.69, 9.17) is 9.84 Å². The number of carboxylic acids is 1. The van der Waals surface area contributed by atoms with Gasteiger partial charge in [-0.25, -0.2) is 4.79 Å². The monoisotopic (exact) mass is 439 g/mol. The van der Waals surface area contributed by atoms with E-state index in [0.29, 0.717) is 32.5 Å². The van der Waals surface area contributed by atoms with Gasteiger partial charge in [-0.2, -0.15) is 0 Å². The largest absolute Gasteiger partial charge is 0.481 e. The summed E-state index contributed by atoms with van der Waals surface area (Å²) < 4.78 is 5.15. The zero-order chi connectivity index (χ0) is 22.8. The van der Waals surface area contributed by atoms with Gasteiger partial charge < -0.3 is 25.0 Å². The molecule has 2 N–H and O–H groups in total. The summed E-state index contributed by atoms with van der Waals surface area (Å²) in [6, 6.07) is 17.0. The summed E-state index contributed by atoms with van der Waals surface area (Å²) in [5.74, 6) is -0.759. The number of aliphatic carboxylic acids is 1. The van der Waals surface area contributed by atoms with Crippen LogP contribution in [0, 0.1) is 0 Å². The Morgan fingerprint density at radius 2 is 1.59 bits per heavy atom. The van der Waals surface area contributed by atoms with Crippen LogP contribution in [0.2, 0.25) is 0 Å². The second-order valence-corrected chi connectivity index (χ2v) is 7.70. The fraction of sp³-hybridized carbons (Fsp3) is 0.375. The van der Waals surface area contributed by atoms with Gasteiger partial charge in [-0.1, -0.05) is 42.5 Å². The lowest BCUT2D eigenvalue weighted by atomic mass is 10.1. The lowest BCUT2D eigenvalue weighted by Crippen LogP contribution is -2.48. The number of amides is 2. The predicted molar refractivity (Wildman–Crippen MR) is 120 cm³/mol. The van der Waals surface area contributed by atoms with Crippen LogP contribution in [0.4, 0.5) is 10.5 Å². The van der Waals surface area contributed by atoms with Crippen molar-refractivity contribution < 1.29 is 24.2 Å². The van der Waals surface area contributed by atoms with E-state index in [2.05, 4.69) is 10.2 Å². The molecule has 3 rings (SSSR count). The molecule has 2 aromatic rings. The molecule has 1 aliphatic heterocycles. The number of ether oxygens (including phenoxy) is 1. The van der Waals surface area contributed by atoms with Crippen molar-refractivity contribution in [1.82, 2.24) is 10.2 Å². The average Bonchev–Trinajstić information content (AvgIpc) is 2.81. The van der Waals surface area contributed by atoms with Gasteiger partial charge in [-0.05, 0) is 29.7 Å². The third-order valence-corrected chi connectivity index (χ3v) is 5.34. The molecule has 1 fully saturated rings. The van der Waals surface area contributed by atoms with Crippen LogP contribution in [0.25, 0.3) is 0 Å². The number of carbonyl (C=O) groups excluding carboxylic acids is 2. The molecular weight excluding hydrogens is 410 g/mol. The molecule has 32 heavy (non-hydrogen) atoms. The van der Waals surface area contributed by atoms with E-state index >= 15 is 0 Å². The van der Waals surface area contributed by atoms with Crippen molar-refractivity contribution in [3.63, 3.8) is 0 Å². The van der Waals surface area contributed by atoms with Crippen LogP contribution >= 0.6 is 0 Å². The van der Waals surface area contributed by atoms with Gasteiger partial charge in [0.2, 0.25) is 5.91 Å². The first-order valence-corrected chi connectivity index (χ1v) is 10.8. The first-order valence-electron chi connectivity index (χ1n) is 10.8. The highest BCUT2D eigenvalue weighted by Gasteiger charge is 2.21. The smallest absolute Gasteiger partial charge is 0.407 e. The van der Waals surface area contributed by atoms with Gasteiger partial charge in [-0.3, -0.25) is 9.59 Å². The Balaban J connectivity index is 1.30. The molecule has 1 saturated heterocycles. The normalized spacial score (nSPS) is 13.5. The van der Waals surface area contributed by atoms with Crippen LogP contribution in [0.15, 0.2) is 54.6 Å². The van der Waals surface area contributed by atoms with Crippen LogP contribution in [-0.4, -0.2) is 60.7 Å². The molecule has 1 heterocycles. The summed E-state index contributed by atoms with van der Waals surface area (Å²) in [5.41, 5.74) is 2.73. The maximum Gasteiger partial charge on any atom is 0.407 e. The molecule has 0 aliphatic carbocycles. The molecule has 0 atom stereocenters. The number of hydrogen-bond acceptors (Lipinski definition) is 5. The molecule has 0 bridgehead atoms. The lowest BCUT2D eigenvalue weighted by molar-refractivity contribution is -0.136. The molecular formula is C24H29N3O5. The van der Waals surface area contributed by atoms with Crippen molar-refractivity contribution in [3.05, 3.63) is 65.7 Å². The van der Waals surface area contributed by atoms with E-state index in [1.807, 2.05) is 59.5 Å². The van der Waals surface area contributed by atoms with Gasteiger partial charge in [0.05, 0.1) is 6.42 Å².